The first kappa shape index (κ1) is 13.3. The molecule has 0 radical (unpaired) electrons. The normalized spacial score (nSPS) is 9.94. The van der Waals surface area contributed by atoms with Crippen LogP contribution in [0.5, 0.6) is 0 Å². The molecule has 1 aromatic rings. The maximum atomic E-state index is 11.0. The van der Waals surface area contributed by atoms with Crippen molar-refractivity contribution in [3.63, 3.8) is 0 Å². The van der Waals surface area contributed by atoms with Crippen LogP contribution in [0.3, 0.4) is 0 Å². The van der Waals surface area contributed by atoms with Gasteiger partial charge in [0, 0.05) is 30.2 Å². The van der Waals surface area contributed by atoms with E-state index in [-0.39, 0.29) is 5.91 Å². The second-order valence-corrected chi connectivity index (χ2v) is 4.59. The van der Waals surface area contributed by atoms with Crippen LogP contribution in [0.4, 0.5) is 5.69 Å². The first-order valence-electron chi connectivity index (χ1n) is 5.03. The molecule has 88 valence electrons. The smallest absolute Gasteiger partial charge is 0.219 e. The van der Waals surface area contributed by atoms with Gasteiger partial charge in [-0.05, 0) is 40.5 Å². The van der Waals surface area contributed by atoms with Crippen LogP contribution >= 0.6 is 27.5 Å². The summed E-state index contributed by atoms with van der Waals surface area (Å²) in [6, 6.07) is 5.69. The second-order valence-electron chi connectivity index (χ2n) is 3.33. The van der Waals surface area contributed by atoms with Crippen LogP contribution in [0.15, 0.2) is 22.7 Å². The lowest BCUT2D eigenvalue weighted by Gasteiger charge is -2.07. The molecule has 0 unspecified atom stereocenters. The number of amides is 1. The summed E-state index contributed by atoms with van der Waals surface area (Å²) >= 11 is 9.28. The number of carbonyl (C=O) groups is 1. The fourth-order valence-corrected chi connectivity index (χ4v) is 1.64. The van der Waals surface area contributed by atoms with E-state index in [0.29, 0.717) is 11.4 Å². The maximum Gasteiger partial charge on any atom is 0.219 e. The van der Waals surface area contributed by atoms with Crippen LogP contribution in [-0.4, -0.2) is 19.5 Å². The number of carbonyl (C=O) groups excluding carboxylic acids is 1. The number of hydrogen-bond donors (Lipinski definition) is 2. The molecule has 16 heavy (non-hydrogen) atoms. The third-order valence-corrected chi connectivity index (χ3v) is 3.34. The number of rotatable bonds is 5. The summed E-state index contributed by atoms with van der Waals surface area (Å²) in [7, 11) is 1.64. The molecule has 1 aromatic carbocycles. The van der Waals surface area contributed by atoms with Gasteiger partial charge in [-0.15, -0.1) is 0 Å². The summed E-state index contributed by atoms with van der Waals surface area (Å²) in [5.41, 5.74) is 0.963. The molecular weight excluding hydrogens is 291 g/mol. The molecule has 3 nitrogen and oxygen atoms in total. The van der Waals surface area contributed by atoms with Gasteiger partial charge < -0.3 is 10.6 Å². The average molecular weight is 306 g/mol. The number of halogens is 2. The van der Waals surface area contributed by atoms with E-state index in [9.17, 15) is 4.79 Å². The number of hydrogen-bond acceptors (Lipinski definition) is 2. The Kier molecular flexibility index (Phi) is 5.63. The lowest BCUT2D eigenvalue weighted by atomic mass is 10.2. The number of benzene rings is 1. The van der Waals surface area contributed by atoms with Gasteiger partial charge in [0.1, 0.15) is 0 Å². The Morgan fingerprint density at radius 2 is 2.25 bits per heavy atom. The molecule has 0 fully saturated rings. The molecule has 0 atom stereocenters. The molecule has 0 heterocycles. The Hall–Kier alpha value is -0.740. The van der Waals surface area contributed by atoms with E-state index in [1.165, 1.54) is 0 Å². The minimum atomic E-state index is 0.0654. The van der Waals surface area contributed by atoms with Crippen molar-refractivity contribution in [2.45, 2.75) is 12.8 Å². The van der Waals surface area contributed by atoms with Crippen molar-refractivity contribution in [1.29, 1.82) is 0 Å². The third kappa shape index (κ3) is 4.41. The molecule has 1 amide bonds. The van der Waals surface area contributed by atoms with Crippen molar-refractivity contribution in [3.05, 3.63) is 27.7 Å². The third-order valence-electron chi connectivity index (χ3n) is 2.11. The zero-order chi connectivity index (χ0) is 12.0. The zero-order valence-corrected chi connectivity index (χ0v) is 11.4. The van der Waals surface area contributed by atoms with Crippen LogP contribution in [0.2, 0.25) is 5.02 Å². The molecule has 0 aromatic heterocycles. The Morgan fingerprint density at radius 3 is 2.88 bits per heavy atom. The van der Waals surface area contributed by atoms with E-state index >= 15 is 0 Å². The predicted octanol–water partition coefficient (Wildman–Crippen LogP) is 3.04. The highest BCUT2D eigenvalue weighted by molar-refractivity contribution is 9.10. The van der Waals surface area contributed by atoms with Gasteiger partial charge in [0.25, 0.3) is 0 Å². The fourth-order valence-electron chi connectivity index (χ4n) is 1.21. The number of nitrogens with one attached hydrogen (secondary N) is 2. The van der Waals surface area contributed by atoms with Crippen molar-refractivity contribution in [3.8, 4) is 0 Å². The Morgan fingerprint density at radius 1 is 1.50 bits per heavy atom. The van der Waals surface area contributed by atoms with Crippen LogP contribution in [0, 0.1) is 0 Å². The predicted molar refractivity (Wildman–Crippen MR) is 70.9 cm³/mol. The standard InChI is InChI=1S/C11H14BrClN2O/c1-14-11(16)3-2-6-15-8-4-5-9(12)10(13)7-8/h4-5,7,15H,2-3,6H2,1H3,(H,14,16). The van der Waals surface area contributed by atoms with Gasteiger partial charge in [-0.25, -0.2) is 0 Å². The van der Waals surface area contributed by atoms with Crippen molar-refractivity contribution >= 4 is 39.1 Å². The Balaban J connectivity index is 2.32. The quantitative estimate of drug-likeness (QED) is 0.821. The summed E-state index contributed by atoms with van der Waals surface area (Å²) in [6.45, 7) is 0.755. The van der Waals surface area contributed by atoms with E-state index in [1.54, 1.807) is 7.05 Å². The molecule has 0 saturated carbocycles. The molecular formula is C11H14BrClN2O. The van der Waals surface area contributed by atoms with Gasteiger partial charge in [0.2, 0.25) is 5.91 Å². The largest absolute Gasteiger partial charge is 0.385 e. The maximum absolute atomic E-state index is 11.0. The first-order chi connectivity index (χ1) is 7.63. The van der Waals surface area contributed by atoms with E-state index in [0.717, 1.165) is 23.1 Å². The van der Waals surface area contributed by atoms with E-state index < -0.39 is 0 Å². The van der Waals surface area contributed by atoms with Crippen LogP contribution < -0.4 is 10.6 Å². The van der Waals surface area contributed by atoms with Crippen LogP contribution in [-0.2, 0) is 4.79 Å². The van der Waals surface area contributed by atoms with Crippen LogP contribution in [0.1, 0.15) is 12.8 Å². The van der Waals surface area contributed by atoms with Crippen molar-refractivity contribution < 1.29 is 4.79 Å². The highest BCUT2D eigenvalue weighted by atomic mass is 79.9. The average Bonchev–Trinajstić information content (AvgIpc) is 2.28. The highest BCUT2D eigenvalue weighted by Gasteiger charge is 2.00. The lowest BCUT2D eigenvalue weighted by Crippen LogP contribution is -2.18. The van der Waals surface area contributed by atoms with Crippen molar-refractivity contribution in [2.24, 2.45) is 0 Å². The van der Waals surface area contributed by atoms with Crippen LogP contribution in [0.25, 0.3) is 0 Å². The monoisotopic (exact) mass is 304 g/mol. The Labute approximate surface area is 109 Å². The fraction of sp³-hybridized carbons (Fsp3) is 0.364. The molecule has 0 aliphatic heterocycles. The zero-order valence-electron chi connectivity index (χ0n) is 9.02. The summed E-state index contributed by atoms with van der Waals surface area (Å²) in [5.74, 6) is 0.0654. The molecule has 0 aliphatic carbocycles. The van der Waals surface area contributed by atoms with Gasteiger partial charge >= 0.3 is 0 Å². The SMILES string of the molecule is CNC(=O)CCCNc1ccc(Br)c(Cl)c1. The lowest BCUT2D eigenvalue weighted by molar-refractivity contribution is -0.120. The topological polar surface area (TPSA) is 41.1 Å². The van der Waals surface area contributed by atoms with Gasteiger partial charge in [0.15, 0.2) is 0 Å². The van der Waals surface area contributed by atoms with Crippen molar-refractivity contribution in [2.75, 3.05) is 18.9 Å². The second kappa shape index (κ2) is 6.76. The molecule has 0 aliphatic rings. The summed E-state index contributed by atoms with van der Waals surface area (Å²) in [5, 5.41) is 6.47. The van der Waals surface area contributed by atoms with Gasteiger partial charge in [-0.1, -0.05) is 11.6 Å². The summed E-state index contributed by atoms with van der Waals surface area (Å²) in [4.78, 5) is 11.0. The molecule has 2 N–H and O–H groups in total. The summed E-state index contributed by atoms with van der Waals surface area (Å²) in [6.07, 6.45) is 1.33. The van der Waals surface area contributed by atoms with Gasteiger partial charge in [0.05, 0.1) is 5.02 Å². The molecule has 0 spiro atoms. The highest BCUT2D eigenvalue weighted by Crippen LogP contribution is 2.25. The first-order valence-corrected chi connectivity index (χ1v) is 6.20. The molecule has 5 heteroatoms. The van der Waals surface area contributed by atoms with Gasteiger partial charge in [-0.2, -0.15) is 0 Å². The Bertz CT molecular complexity index is 371. The summed E-state index contributed by atoms with van der Waals surface area (Å²) < 4.78 is 0.880. The number of anilines is 1. The molecule has 1 rings (SSSR count). The van der Waals surface area contributed by atoms with E-state index in [1.807, 2.05) is 18.2 Å². The minimum Gasteiger partial charge on any atom is -0.385 e. The molecule has 0 saturated heterocycles. The van der Waals surface area contributed by atoms with E-state index in [4.69, 9.17) is 11.6 Å². The molecule has 0 bridgehead atoms. The minimum absolute atomic E-state index is 0.0654. The van der Waals surface area contributed by atoms with Crippen molar-refractivity contribution in [1.82, 2.24) is 5.32 Å². The van der Waals surface area contributed by atoms with E-state index in [2.05, 4.69) is 26.6 Å². The van der Waals surface area contributed by atoms with Gasteiger partial charge in [-0.3, -0.25) is 4.79 Å².